The Hall–Kier alpha value is -2.72. The molecule has 2 fully saturated rings. The van der Waals surface area contributed by atoms with Gasteiger partial charge < -0.3 is 9.47 Å². The van der Waals surface area contributed by atoms with Crippen LogP contribution in [0.25, 0.3) is 16.7 Å². The Morgan fingerprint density at radius 1 is 0.938 bits per heavy atom. The second-order valence-electron chi connectivity index (χ2n) is 10.4. The smallest absolute Gasteiger partial charge is 0.316 e. The van der Waals surface area contributed by atoms with Crippen LogP contribution < -0.4 is 0 Å². The first-order valence-corrected chi connectivity index (χ1v) is 11.5. The van der Waals surface area contributed by atoms with Gasteiger partial charge in [0, 0.05) is 0 Å². The highest BCUT2D eigenvalue weighted by Gasteiger charge is 2.60. The number of ketones is 1. The van der Waals surface area contributed by atoms with Crippen LogP contribution in [0.1, 0.15) is 50.3 Å². The molecule has 2 saturated heterocycles. The SMILES string of the molecule is Cc1cc(-c2ccccc2)cc(C)c1C1=C(OC(=O)C(C)(C)C)[C@H]2[C@@H](C1=O)[C@@H]1CC[C@H]2O1. The van der Waals surface area contributed by atoms with Crippen LogP contribution in [0.2, 0.25) is 0 Å². The summed E-state index contributed by atoms with van der Waals surface area (Å²) in [6.07, 6.45) is 1.70. The lowest BCUT2D eigenvalue weighted by molar-refractivity contribution is -0.149. The van der Waals surface area contributed by atoms with Gasteiger partial charge in [0.2, 0.25) is 0 Å². The van der Waals surface area contributed by atoms with Crippen LogP contribution >= 0.6 is 0 Å². The summed E-state index contributed by atoms with van der Waals surface area (Å²) in [6.45, 7) is 9.60. The molecule has 0 spiro atoms. The highest BCUT2D eigenvalue weighted by molar-refractivity contribution is 6.26. The van der Waals surface area contributed by atoms with E-state index in [-0.39, 0.29) is 35.8 Å². The third-order valence-corrected chi connectivity index (χ3v) is 7.08. The van der Waals surface area contributed by atoms with Crippen LogP contribution in [-0.2, 0) is 19.1 Å². The molecule has 166 valence electrons. The molecule has 4 atom stereocenters. The third kappa shape index (κ3) is 3.24. The van der Waals surface area contributed by atoms with E-state index in [2.05, 4.69) is 24.3 Å². The van der Waals surface area contributed by atoms with Gasteiger partial charge in [0.1, 0.15) is 5.76 Å². The van der Waals surface area contributed by atoms with Crippen molar-refractivity contribution < 1.29 is 19.1 Å². The Morgan fingerprint density at radius 3 is 2.12 bits per heavy atom. The van der Waals surface area contributed by atoms with E-state index in [9.17, 15) is 9.59 Å². The number of hydrogen-bond acceptors (Lipinski definition) is 4. The minimum atomic E-state index is -0.654. The van der Waals surface area contributed by atoms with E-state index in [1.54, 1.807) is 0 Å². The van der Waals surface area contributed by atoms with Crippen molar-refractivity contribution >= 4 is 17.3 Å². The Labute approximate surface area is 189 Å². The van der Waals surface area contributed by atoms with Gasteiger partial charge in [-0.3, -0.25) is 9.59 Å². The molecule has 2 aliphatic heterocycles. The average Bonchev–Trinajstić information content (AvgIpc) is 3.42. The molecule has 0 radical (unpaired) electrons. The largest absolute Gasteiger partial charge is 0.429 e. The van der Waals surface area contributed by atoms with Crippen molar-refractivity contribution in [1.29, 1.82) is 0 Å². The molecule has 1 aliphatic carbocycles. The fraction of sp³-hybridized carbons (Fsp3) is 0.429. The molecule has 0 amide bonds. The quantitative estimate of drug-likeness (QED) is 0.591. The molecule has 0 unspecified atom stereocenters. The first-order valence-electron chi connectivity index (χ1n) is 11.5. The topological polar surface area (TPSA) is 52.6 Å². The molecule has 2 heterocycles. The van der Waals surface area contributed by atoms with Crippen molar-refractivity contribution in [2.75, 3.05) is 0 Å². The average molecular weight is 431 g/mol. The third-order valence-electron chi connectivity index (χ3n) is 7.08. The van der Waals surface area contributed by atoms with Gasteiger partial charge in [-0.1, -0.05) is 42.5 Å². The monoisotopic (exact) mass is 430 g/mol. The number of carbonyl (C=O) groups is 2. The summed E-state index contributed by atoms with van der Waals surface area (Å²) in [7, 11) is 0. The van der Waals surface area contributed by atoms with Gasteiger partial charge >= 0.3 is 5.97 Å². The number of allylic oxidation sites excluding steroid dienone is 1. The summed E-state index contributed by atoms with van der Waals surface area (Å²) in [6, 6.07) is 14.5. The predicted molar refractivity (Wildman–Crippen MR) is 124 cm³/mol. The molecule has 4 nitrogen and oxygen atoms in total. The number of ether oxygens (including phenoxy) is 2. The molecule has 2 bridgehead atoms. The Morgan fingerprint density at radius 2 is 1.53 bits per heavy atom. The Bertz CT molecular complexity index is 1110. The molecule has 5 rings (SSSR count). The number of rotatable bonds is 3. The van der Waals surface area contributed by atoms with Crippen LogP contribution in [0.3, 0.4) is 0 Å². The predicted octanol–water partition coefficient (Wildman–Crippen LogP) is 5.65. The number of Topliss-reactive ketones (excluding diaryl/α,β-unsaturated/α-hetero) is 1. The zero-order valence-electron chi connectivity index (χ0n) is 19.4. The lowest BCUT2D eigenvalue weighted by Crippen LogP contribution is -2.31. The van der Waals surface area contributed by atoms with Gasteiger partial charge in [-0.2, -0.15) is 0 Å². The number of esters is 1. The Balaban J connectivity index is 1.65. The molecular formula is C28H30O4. The van der Waals surface area contributed by atoms with E-state index in [0.29, 0.717) is 11.3 Å². The van der Waals surface area contributed by atoms with Crippen molar-refractivity contribution in [1.82, 2.24) is 0 Å². The van der Waals surface area contributed by atoms with Crippen LogP contribution in [0.15, 0.2) is 48.2 Å². The molecular weight excluding hydrogens is 400 g/mol. The number of aryl methyl sites for hydroxylation is 2. The maximum atomic E-state index is 13.7. The lowest BCUT2D eigenvalue weighted by atomic mass is 9.80. The number of fused-ring (bicyclic) bond motifs is 5. The minimum Gasteiger partial charge on any atom is -0.429 e. The normalized spacial score (nSPS) is 26.6. The van der Waals surface area contributed by atoms with Gasteiger partial charge in [-0.25, -0.2) is 0 Å². The fourth-order valence-corrected chi connectivity index (χ4v) is 5.57. The second kappa shape index (κ2) is 7.41. The van der Waals surface area contributed by atoms with Crippen molar-refractivity contribution in [2.24, 2.45) is 17.3 Å². The number of benzene rings is 2. The van der Waals surface area contributed by atoms with E-state index in [1.165, 1.54) is 0 Å². The first-order chi connectivity index (χ1) is 15.2. The van der Waals surface area contributed by atoms with Gasteiger partial charge in [-0.05, 0) is 75.3 Å². The van der Waals surface area contributed by atoms with E-state index in [1.807, 2.05) is 52.8 Å². The zero-order chi connectivity index (χ0) is 22.8. The van der Waals surface area contributed by atoms with Crippen molar-refractivity contribution in [2.45, 2.75) is 59.7 Å². The highest BCUT2D eigenvalue weighted by Crippen LogP contribution is 2.55. The number of hydrogen-bond donors (Lipinski definition) is 0. The van der Waals surface area contributed by atoms with E-state index in [0.717, 1.165) is 40.7 Å². The van der Waals surface area contributed by atoms with E-state index in [4.69, 9.17) is 9.47 Å². The molecule has 32 heavy (non-hydrogen) atoms. The molecule has 3 aliphatic rings. The van der Waals surface area contributed by atoms with Crippen LogP contribution in [0.5, 0.6) is 0 Å². The molecule has 0 saturated carbocycles. The molecule has 0 aromatic heterocycles. The maximum Gasteiger partial charge on any atom is 0.316 e. The molecule has 4 heteroatoms. The van der Waals surface area contributed by atoms with Gasteiger partial charge in [0.25, 0.3) is 0 Å². The highest BCUT2D eigenvalue weighted by atomic mass is 16.5. The standard InChI is InChI=1S/C28H30O4/c1-15-13-18(17-9-7-6-8-10-17)14-16(2)21(15)24-25(29)22-19-11-12-20(31-19)23(22)26(24)32-27(30)28(3,4)5/h6-10,13-14,19-20,22-23H,11-12H2,1-5H3/t19-,20+,22-,23+/m0/s1. The maximum absolute atomic E-state index is 13.7. The summed E-state index contributed by atoms with van der Waals surface area (Å²) in [5.41, 5.74) is 5.13. The van der Waals surface area contributed by atoms with Crippen LogP contribution in [0, 0.1) is 31.1 Å². The molecule has 2 aromatic carbocycles. The minimum absolute atomic E-state index is 0.0431. The Kier molecular flexibility index (Phi) is 4.90. The second-order valence-corrected chi connectivity index (χ2v) is 10.4. The first kappa shape index (κ1) is 21.1. The van der Waals surface area contributed by atoms with Crippen molar-refractivity contribution in [3.05, 3.63) is 64.9 Å². The molecule has 2 aromatic rings. The lowest BCUT2D eigenvalue weighted by Gasteiger charge is -2.24. The fourth-order valence-electron chi connectivity index (χ4n) is 5.57. The van der Waals surface area contributed by atoms with Gasteiger partial charge in [0.05, 0.1) is 35.0 Å². The summed E-state index contributed by atoms with van der Waals surface area (Å²) in [5, 5.41) is 0. The van der Waals surface area contributed by atoms with Gasteiger partial charge in [0.15, 0.2) is 5.78 Å². The van der Waals surface area contributed by atoms with E-state index >= 15 is 0 Å². The molecule has 0 N–H and O–H groups in total. The van der Waals surface area contributed by atoms with Crippen molar-refractivity contribution in [3.8, 4) is 11.1 Å². The summed E-state index contributed by atoms with van der Waals surface area (Å²) in [4.78, 5) is 26.6. The number of carbonyl (C=O) groups excluding carboxylic acids is 2. The summed E-state index contributed by atoms with van der Waals surface area (Å²) < 4.78 is 12.1. The zero-order valence-corrected chi connectivity index (χ0v) is 19.4. The van der Waals surface area contributed by atoms with Crippen LogP contribution in [-0.4, -0.2) is 24.0 Å². The van der Waals surface area contributed by atoms with Crippen molar-refractivity contribution in [3.63, 3.8) is 0 Å². The summed E-state index contributed by atoms with van der Waals surface area (Å²) >= 11 is 0. The summed E-state index contributed by atoms with van der Waals surface area (Å²) in [5.74, 6) is -0.102. The van der Waals surface area contributed by atoms with Crippen LogP contribution in [0.4, 0.5) is 0 Å². The van der Waals surface area contributed by atoms with Gasteiger partial charge in [-0.15, -0.1) is 0 Å². The van der Waals surface area contributed by atoms with E-state index < -0.39 is 5.41 Å².